The van der Waals surface area contributed by atoms with Crippen molar-refractivity contribution in [2.75, 3.05) is 42.1 Å². The Labute approximate surface area is 170 Å². The molecule has 1 aromatic heterocycles. The zero-order valence-electron chi connectivity index (χ0n) is 15.7. The van der Waals surface area contributed by atoms with Gasteiger partial charge in [0.2, 0.25) is 10.0 Å². The highest BCUT2D eigenvalue weighted by atomic mass is 35.5. The molecule has 0 aliphatic carbocycles. The van der Waals surface area contributed by atoms with E-state index in [2.05, 4.69) is 31.6 Å². The molecule has 2 aromatic carbocycles. The number of fused-ring (bicyclic) bond motifs is 1. The maximum absolute atomic E-state index is 11.4. The van der Waals surface area contributed by atoms with E-state index in [1.54, 1.807) is 6.07 Å². The van der Waals surface area contributed by atoms with Gasteiger partial charge in [0.1, 0.15) is 0 Å². The summed E-state index contributed by atoms with van der Waals surface area (Å²) in [5.74, 6) is 0. The molecule has 0 radical (unpaired) electrons. The molecule has 0 amide bonds. The number of piperazine rings is 1. The third kappa shape index (κ3) is 4.43. The predicted octanol–water partition coefficient (Wildman–Crippen LogP) is 3.52. The van der Waals surface area contributed by atoms with Gasteiger partial charge in [-0.15, -0.1) is 0 Å². The van der Waals surface area contributed by atoms with Crippen LogP contribution in [0, 0.1) is 0 Å². The van der Waals surface area contributed by atoms with Crippen molar-refractivity contribution in [1.82, 2.24) is 9.88 Å². The topological polar surface area (TPSA) is 68.4 Å². The van der Waals surface area contributed by atoms with Crippen molar-refractivity contribution in [2.24, 2.45) is 0 Å². The van der Waals surface area contributed by atoms with Crippen LogP contribution in [0.5, 0.6) is 0 Å². The number of rotatable bonds is 5. The second-order valence-electron chi connectivity index (χ2n) is 7.19. The molecule has 1 fully saturated rings. The number of H-pyrrole nitrogens is 1. The van der Waals surface area contributed by atoms with Crippen LogP contribution in [0.3, 0.4) is 0 Å². The smallest absolute Gasteiger partial charge is 0.229 e. The van der Waals surface area contributed by atoms with Gasteiger partial charge in [0.25, 0.3) is 0 Å². The first-order chi connectivity index (χ1) is 13.4. The van der Waals surface area contributed by atoms with Crippen molar-refractivity contribution in [3.05, 3.63) is 59.2 Å². The molecule has 0 unspecified atom stereocenters. The molecule has 0 bridgehead atoms. The average Bonchev–Trinajstić information content (AvgIpc) is 3.04. The van der Waals surface area contributed by atoms with Crippen LogP contribution >= 0.6 is 11.6 Å². The lowest BCUT2D eigenvalue weighted by molar-refractivity contribution is 0.250. The minimum atomic E-state index is -3.28. The van der Waals surface area contributed by atoms with Gasteiger partial charge in [-0.3, -0.25) is 9.62 Å². The molecule has 28 heavy (non-hydrogen) atoms. The number of aromatic amines is 1. The summed E-state index contributed by atoms with van der Waals surface area (Å²) in [6, 6.07) is 13.6. The predicted molar refractivity (Wildman–Crippen MR) is 116 cm³/mol. The van der Waals surface area contributed by atoms with Gasteiger partial charge in [-0.2, -0.15) is 0 Å². The second-order valence-corrected chi connectivity index (χ2v) is 9.37. The van der Waals surface area contributed by atoms with Gasteiger partial charge in [-0.25, -0.2) is 8.42 Å². The lowest BCUT2D eigenvalue weighted by Gasteiger charge is -2.36. The average molecular weight is 419 g/mol. The number of nitrogens with zero attached hydrogens (tertiary/aromatic N) is 2. The summed E-state index contributed by atoms with van der Waals surface area (Å²) in [7, 11) is -3.28. The number of hydrogen-bond donors (Lipinski definition) is 2. The number of hydrogen-bond acceptors (Lipinski definition) is 4. The fraction of sp³-hybridized carbons (Fsp3) is 0.300. The van der Waals surface area contributed by atoms with Gasteiger partial charge >= 0.3 is 0 Å². The van der Waals surface area contributed by atoms with Crippen LogP contribution in [0.4, 0.5) is 11.4 Å². The zero-order chi connectivity index (χ0) is 19.7. The lowest BCUT2D eigenvalue weighted by Crippen LogP contribution is -2.45. The summed E-state index contributed by atoms with van der Waals surface area (Å²) < 4.78 is 25.3. The van der Waals surface area contributed by atoms with Gasteiger partial charge in [0.05, 0.1) is 11.9 Å². The molecule has 148 valence electrons. The normalized spacial score (nSPS) is 15.9. The van der Waals surface area contributed by atoms with Crippen LogP contribution in [-0.4, -0.2) is 50.7 Å². The van der Waals surface area contributed by atoms with Crippen LogP contribution in [-0.2, 0) is 16.6 Å². The number of nitrogens with one attached hydrogen (secondary N) is 2. The zero-order valence-corrected chi connectivity index (χ0v) is 17.2. The minimum absolute atomic E-state index is 0.569. The van der Waals surface area contributed by atoms with Crippen molar-refractivity contribution < 1.29 is 8.42 Å². The first kappa shape index (κ1) is 19.1. The SMILES string of the molecule is CS(=O)(=O)Nc1ccc2c(CN3CCN(c4ccc(Cl)cc4)CC3)c[nH]c2c1. The summed E-state index contributed by atoms with van der Waals surface area (Å²) in [4.78, 5) is 8.08. The number of benzene rings is 2. The molecular formula is C20H23ClN4O2S. The van der Waals surface area contributed by atoms with Gasteiger partial charge in [0, 0.05) is 60.5 Å². The van der Waals surface area contributed by atoms with Crippen LogP contribution in [0.1, 0.15) is 5.56 Å². The van der Waals surface area contributed by atoms with E-state index >= 15 is 0 Å². The maximum Gasteiger partial charge on any atom is 0.229 e. The van der Waals surface area contributed by atoms with Crippen molar-refractivity contribution in [1.29, 1.82) is 0 Å². The number of sulfonamides is 1. The van der Waals surface area contributed by atoms with Crippen molar-refractivity contribution >= 4 is 43.9 Å². The first-order valence-electron chi connectivity index (χ1n) is 9.18. The second kappa shape index (κ2) is 7.66. The Morgan fingerprint density at radius 1 is 1.07 bits per heavy atom. The summed E-state index contributed by atoms with van der Waals surface area (Å²) in [5.41, 5.74) is 3.94. The third-order valence-corrected chi connectivity index (χ3v) is 5.89. The fourth-order valence-electron chi connectivity index (χ4n) is 3.65. The number of halogens is 1. The molecule has 3 aromatic rings. The van der Waals surface area contributed by atoms with E-state index in [1.165, 1.54) is 11.3 Å². The lowest BCUT2D eigenvalue weighted by atomic mass is 10.1. The van der Waals surface area contributed by atoms with E-state index in [9.17, 15) is 8.42 Å². The Balaban J connectivity index is 1.41. The van der Waals surface area contributed by atoms with E-state index in [4.69, 9.17) is 11.6 Å². The molecule has 8 heteroatoms. The van der Waals surface area contributed by atoms with Gasteiger partial charge in [-0.05, 0) is 42.0 Å². The molecule has 0 saturated carbocycles. The molecule has 0 spiro atoms. The Bertz CT molecular complexity index is 1070. The van der Waals surface area contributed by atoms with E-state index in [-0.39, 0.29) is 0 Å². The van der Waals surface area contributed by atoms with E-state index in [0.717, 1.165) is 54.9 Å². The van der Waals surface area contributed by atoms with E-state index in [0.29, 0.717) is 5.69 Å². The van der Waals surface area contributed by atoms with Crippen LogP contribution in [0.2, 0.25) is 5.02 Å². The Hall–Kier alpha value is -2.22. The monoisotopic (exact) mass is 418 g/mol. The minimum Gasteiger partial charge on any atom is -0.369 e. The first-order valence-corrected chi connectivity index (χ1v) is 11.4. The summed E-state index contributed by atoms with van der Waals surface area (Å²) in [6.07, 6.45) is 3.17. The molecule has 1 aliphatic rings. The Morgan fingerprint density at radius 3 is 2.46 bits per heavy atom. The number of anilines is 2. The highest BCUT2D eigenvalue weighted by Crippen LogP contribution is 2.25. The van der Waals surface area contributed by atoms with Gasteiger partial charge in [0.15, 0.2) is 0 Å². The maximum atomic E-state index is 11.4. The van der Waals surface area contributed by atoms with Crippen LogP contribution < -0.4 is 9.62 Å². The summed E-state index contributed by atoms with van der Waals surface area (Å²) in [5, 5.41) is 1.88. The number of aromatic nitrogens is 1. The molecule has 6 nitrogen and oxygen atoms in total. The van der Waals surface area contributed by atoms with Crippen molar-refractivity contribution in [2.45, 2.75) is 6.54 Å². The Kier molecular flexibility index (Phi) is 5.23. The van der Waals surface area contributed by atoms with E-state index in [1.807, 2.05) is 30.5 Å². The highest BCUT2D eigenvalue weighted by Gasteiger charge is 2.18. The van der Waals surface area contributed by atoms with Crippen LogP contribution in [0.15, 0.2) is 48.7 Å². The quantitative estimate of drug-likeness (QED) is 0.665. The standard InChI is InChI=1S/C20H23ClN4O2S/c1-28(26,27)23-17-4-7-19-15(13-22-20(19)12-17)14-24-8-10-25(11-9-24)18-5-2-16(21)3-6-18/h2-7,12-13,22-23H,8-11,14H2,1H3. The Morgan fingerprint density at radius 2 is 1.79 bits per heavy atom. The molecule has 4 rings (SSSR count). The van der Waals surface area contributed by atoms with Gasteiger partial charge in [-0.1, -0.05) is 17.7 Å². The van der Waals surface area contributed by atoms with Gasteiger partial charge < -0.3 is 9.88 Å². The van der Waals surface area contributed by atoms with Crippen molar-refractivity contribution in [3.8, 4) is 0 Å². The molecular weight excluding hydrogens is 396 g/mol. The molecule has 0 atom stereocenters. The fourth-order valence-corrected chi connectivity index (χ4v) is 4.33. The van der Waals surface area contributed by atoms with Crippen molar-refractivity contribution in [3.63, 3.8) is 0 Å². The largest absolute Gasteiger partial charge is 0.369 e. The third-order valence-electron chi connectivity index (χ3n) is 5.03. The molecule has 2 N–H and O–H groups in total. The summed E-state index contributed by atoms with van der Waals surface area (Å²) >= 11 is 5.98. The molecule has 1 aliphatic heterocycles. The molecule has 2 heterocycles. The van der Waals surface area contributed by atoms with E-state index < -0.39 is 10.0 Å². The highest BCUT2D eigenvalue weighted by molar-refractivity contribution is 7.92. The van der Waals surface area contributed by atoms with Crippen LogP contribution in [0.25, 0.3) is 10.9 Å². The summed E-state index contributed by atoms with van der Waals surface area (Å²) in [6.45, 7) is 4.80. The molecule has 1 saturated heterocycles.